The van der Waals surface area contributed by atoms with E-state index in [1.807, 2.05) is 0 Å². The van der Waals surface area contributed by atoms with Crippen molar-refractivity contribution in [1.82, 2.24) is 0 Å². The fraction of sp³-hybridized carbons (Fsp3) is 0.179. The van der Waals surface area contributed by atoms with Crippen molar-refractivity contribution < 1.29 is 0 Å². The van der Waals surface area contributed by atoms with Gasteiger partial charge >= 0.3 is 0 Å². The average Bonchev–Trinajstić information content (AvgIpc) is 3.37. The summed E-state index contributed by atoms with van der Waals surface area (Å²) in [5.41, 5.74) is 9.53. The van der Waals surface area contributed by atoms with E-state index in [0.29, 0.717) is 0 Å². The van der Waals surface area contributed by atoms with Crippen LogP contribution in [0.5, 0.6) is 0 Å². The van der Waals surface area contributed by atoms with Crippen molar-refractivity contribution in [3.63, 3.8) is 0 Å². The largest absolute Gasteiger partial charge is 0.309 e. The molecule has 2 atom stereocenters. The van der Waals surface area contributed by atoms with E-state index in [2.05, 4.69) is 132 Å². The third-order valence-electron chi connectivity index (χ3n) is 9.38. The molecule has 0 aromatic heterocycles. The Morgan fingerprint density at radius 1 is 0.450 bits per heavy atom. The molecule has 1 heteroatoms. The van der Waals surface area contributed by atoms with Crippen molar-refractivity contribution in [3.05, 3.63) is 139 Å². The first-order valence-corrected chi connectivity index (χ1v) is 14.8. The second kappa shape index (κ2) is 9.68. The van der Waals surface area contributed by atoms with Gasteiger partial charge in [0.25, 0.3) is 0 Å². The van der Waals surface area contributed by atoms with Crippen molar-refractivity contribution in [1.29, 1.82) is 0 Å². The molecule has 0 aliphatic heterocycles. The Balaban J connectivity index is 1.44. The summed E-state index contributed by atoms with van der Waals surface area (Å²) < 4.78 is 0. The molecule has 0 N–H and O–H groups in total. The van der Waals surface area contributed by atoms with Gasteiger partial charge < -0.3 is 4.90 Å². The molecular formula is C39H33N. The zero-order chi connectivity index (χ0) is 26.5. The minimum Gasteiger partial charge on any atom is -0.309 e. The molecule has 0 radical (unpaired) electrons. The molecule has 40 heavy (non-hydrogen) atoms. The normalized spacial score (nSPS) is 18.0. The molecular weight excluding hydrogens is 482 g/mol. The quantitative estimate of drug-likeness (QED) is 0.211. The van der Waals surface area contributed by atoms with Crippen molar-refractivity contribution in [3.8, 4) is 11.1 Å². The SMILES string of the molecule is c1ccc(N(c2ccccc2)c2c3ccccc3c(-c3ccc4c(c3)C3CCCC4CC3)c3ccccc23)cc1. The first-order valence-electron chi connectivity index (χ1n) is 14.8. The zero-order valence-corrected chi connectivity index (χ0v) is 22.8. The monoisotopic (exact) mass is 515 g/mol. The highest BCUT2D eigenvalue weighted by Gasteiger charge is 2.31. The lowest BCUT2D eigenvalue weighted by atomic mass is 9.77. The standard InChI is InChI=1S/C39H33N/c1-3-14-30(15-4-1)40(31-16-5-2-6-17-31)39-35-20-9-7-18-33(35)38(34-19-8-10-21-36(34)39)29-24-25-32-27-12-11-13-28(23-22-27)37(32)26-29/h1-10,14-21,24-28H,11-13,22-23H2. The van der Waals surface area contributed by atoms with Crippen LogP contribution >= 0.6 is 0 Å². The van der Waals surface area contributed by atoms with Gasteiger partial charge in [-0.3, -0.25) is 0 Å². The highest BCUT2D eigenvalue weighted by molar-refractivity contribution is 6.22. The number of anilines is 3. The Morgan fingerprint density at radius 2 is 0.950 bits per heavy atom. The first kappa shape index (κ1) is 23.5. The van der Waals surface area contributed by atoms with Crippen LogP contribution in [0.3, 0.4) is 0 Å². The van der Waals surface area contributed by atoms with E-state index in [-0.39, 0.29) is 0 Å². The summed E-state index contributed by atoms with van der Waals surface area (Å²) in [6.07, 6.45) is 6.79. The number of fused-ring (bicyclic) bond motifs is 5. The molecule has 0 amide bonds. The maximum Gasteiger partial charge on any atom is 0.0618 e. The Labute approximate surface area is 236 Å². The summed E-state index contributed by atoms with van der Waals surface area (Å²) in [7, 11) is 0. The van der Waals surface area contributed by atoms with E-state index in [1.165, 1.54) is 70.5 Å². The minimum atomic E-state index is 0.720. The molecule has 194 valence electrons. The summed E-state index contributed by atoms with van der Waals surface area (Å²) in [5.74, 6) is 1.47. The van der Waals surface area contributed by atoms with Crippen LogP contribution in [0, 0.1) is 0 Å². The smallest absolute Gasteiger partial charge is 0.0618 e. The Bertz CT molecular complexity index is 1740. The molecule has 6 aromatic carbocycles. The van der Waals surface area contributed by atoms with E-state index in [4.69, 9.17) is 0 Å². The van der Waals surface area contributed by atoms with Crippen LogP contribution in [-0.2, 0) is 0 Å². The number of hydrogen-bond acceptors (Lipinski definition) is 1. The molecule has 0 heterocycles. The van der Waals surface area contributed by atoms with Crippen LogP contribution in [0.15, 0.2) is 127 Å². The second-order valence-corrected chi connectivity index (χ2v) is 11.6. The summed E-state index contributed by atoms with van der Waals surface area (Å²) in [6, 6.07) is 47.1. The summed E-state index contributed by atoms with van der Waals surface area (Å²) in [6.45, 7) is 0. The molecule has 9 rings (SSSR count). The van der Waals surface area contributed by atoms with Gasteiger partial charge in [0.2, 0.25) is 0 Å². The zero-order valence-electron chi connectivity index (χ0n) is 22.8. The molecule has 6 aromatic rings. The van der Waals surface area contributed by atoms with Crippen molar-refractivity contribution >= 4 is 38.6 Å². The molecule has 1 fully saturated rings. The predicted molar refractivity (Wildman–Crippen MR) is 170 cm³/mol. The fourth-order valence-corrected chi connectivity index (χ4v) is 7.60. The first-order chi connectivity index (χ1) is 19.9. The molecule has 0 saturated heterocycles. The second-order valence-electron chi connectivity index (χ2n) is 11.6. The van der Waals surface area contributed by atoms with Gasteiger partial charge in [0.05, 0.1) is 5.69 Å². The van der Waals surface area contributed by atoms with Crippen LogP contribution in [0.1, 0.15) is 55.1 Å². The van der Waals surface area contributed by atoms with Gasteiger partial charge in [0.1, 0.15) is 0 Å². The third kappa shape index (κ3) is 3.76. The summed E-state index contributed by atoms with van der Waals surface area (Å²) in [4.78, 5) is 2.43. The molecule has 0 spiro atoms. The maximum atomic E-state index is 2.57. The summed E-state index contributed by atoms with van der Waals surface area (Å²) >= 11 is 0. The van der Waals surface area contributed by atoms with E-state index >= 15 is 0 Å². The molecule has 2 bridgehead atoms. The van der Waals surface area contributed by atoms with Gasteiger partial charge in [0.15, 0.2) is 0 Å². The third-order valence-corrected chi connectivity index (χ3v) is 9.38. The van der Waals surface area contributed by atoms with E-state index in [0.717, 1.165) is 23.2 Å². The van der Waals surface area contributed by atoms with Gasteiger partial charge in [-0.15, -0.1) is 0 Å². The molecule has 1 nitrogen and oxygen atoms in total. The van der Waals surface area contributed by atoms with Crippen LogP contribution in [-0.4, -0.2) is 0 Å². The van der Waals surface area contributed by atoms with Crippen LogP contribution < -0.4 is 4.90 Å². The lowest BCUT2D eigenvalue weighted by Crippen LogP contribution is -2.12. The number of hydrogen-bond donors (Lipinski definition) is 0. The van der Waals surface area contributed by atoms with Crippen molar-refractivity contribution in [2.24, 2.45) is 0 Å². The number of para-hydroxylation sites is 2. The van der Waals surface area contributed by atoms with Crippen LogP contribution in [0.4, 0.5) is 17.1 Å². The van der Waals surface area contributed by atoms with Crippen LogP contribution in [0.2, 0.25) is 0 Å². The summed E-state index contributed by atoms with van der Waals surface area (Å²) in [5, 5.41) is 5.18. The Hall–Kier alpha value is -4.36. The maximum absolute atomic E-state index is 2.57. The van der Waals surface area contributed by atoms with Crippen LogP contribution in [0.25, 0.3) is 32.7 Å². The fourth-order valence-electron chi connectivity index (χ4n) is 7.60. The lowest BCUT2D eigenvalue weighted by molar-refractivity contribution is 0.527. The number of nitrogens with zero attached hydrogens (tertiary/aromatic N) is 1. The topological polar surface area (TPSA) is 3.24 Å². The average molecular weight is 516 g/mol. The molecule has 3 aliphatic carbocycles. The van der Waals surface area contributed by atoms with E-state index < -0.39 is 0 Å². The van der Waals surface area contributed by atoms with E-state index in [9.17, 15) is 0 Å². The predicted octanol–water partition coefficient (Wildman–Crippen LogP) is 11.3. The molecule has 3 aliphatic rings. The van der Waals surface area contributed by atoms with Crippen molar-refractivity contribution in [2.75, 3.05) is 4.90 Å². The highest BCUT2D eigenvalue weighted by Crippen LogP contribution is 2.51. The van der Waals surface area contributed by atoms with Crippen molar-refractivity contribution in [2.45, 2.75) is 43.9 Å². The highest BCUT2D eigenvalue weighted by atomic mass is 15.1. The van der Waals surface area contributed by atoms with E-state index in [1.54, 1.807) is 11.1 Å². The number of benzene rings is 6. The van der Waals surface area contributed by atoms with Gasteiger partial charge in [0, 0.05) is 22.1 Å². The van der Waals surface area contributed by atoms with Gasteiger partial charge in [-0.2, -0.15) is 0 Å². The lowest BCUT2D eigenvalue weighted by Gasteiger charge is -2.30. The Kier molecular flexibility index (Phi) is 5.69. The minimum absolute atomic E-state index is 0.720. The van der Waals surface area contributed by atoms with Gasteiger partial charge in [-0.25, -0.2) is 0 Å². The molecule has 2 unspecified atom stereocenters. The Morgan fingerprint density at radius 3 is 1.52 bits per heavy atom. The molecule has 1 saturated carbocycles. The van der Waals surface area contributed by atoms with Gasteiger partial charge in [-0.05, 0) is 94.8 Å². The van der Waals surface area contributed by atoms with Gasteiger partial charge in [-0.1, -0.05) is 110 Å². The number of rotatable bonds is 4.